The van der Waals surface area contributed by atoms with E-state index in [9.17, 15) is 9.90 Å². The van der Waals surface area contributed by atoms with Gasteiger partial charge in [-0.15, -0.1) is 0 Å². The summed E-state index contributed by atoms with van der Waals surface area (Å²) >= 11 is 0. The number of hydrogen-bond acceptors (Lipinski definition) is 6. The maximum Gasteiger partial charge on any atom is 0.258 e. The number of fused-ring (bicyclic) bond motifs is 1. The van der Waals surface area contributed by atoms with Crippen LogP contribution in [0.4, 0.5) is 11.4 Å². The van der Waals surface area contributed by atoms with Crippen LogP contribution in [0.15, 0.2) is 48.8 Å². The average Bonchev–Trinajstić information content (AvgIpc) is 3.23. The van der Waals surface area contributed by atoms with Crippen LogP contribution in [0.5, 0.6) is 0 Å². The first-order valence-corrected chi connectivity index (χ1v) is 9.33. The number of nitrogens with zero attached hydrogens (tertiary/aromatic N) is 4. The van der Waals surface area contributed by atoms with E-state index in [0.717, 1.165) is 28.1 Å². The highest BCUT2D eigenvalue weighted by atomic mass is 16.3. The van der Waals surface area contributed by atoms with Crippen molar-refractivity contribution in [1.82, 2.24) is 19.7 Å². The van der Waals surface area contributed by atoms with Gasteiger partial charge in [-0.1, -0.05) is 0 Å². The van der Waals surface area contributed by atoms with Gasteiger partial charge in [0.15, 0.2) is 0 Å². The van der Waals surface area contributed by atoms with Crippen LogP contribution in [0, 0.1) is 6.92 Å². The number of amides is 1. The molecule has 1 amide bonds. The number of aryl methyl sites for hydroxylation is 1. The number of aliphatic hydroxyl groups is 1. The van der Waals surface area contributed by atoms with Gasteiger partial charge in [-0.2, -0.15) is 5.10 Å². The monoisotopic (exact) mass is 390 g/mol. The Morgan fingerprint density at radius 2 is 2.14 bits per heavy atom. The molecule has 1 unspecified atom stereocenters. The number of nitrogens with one attached hydrogen (secondary N) is 2. The molecular formula is C21H22N6O2. The molecule has 8 heteroatoms. The van der Waals surface area contributed by atoms with Gasteiger partial charge < -0.3 is 15.7 Å². The highest BCUT2D eigenvalue weighted by Gasteiger charge is 2.27. The number of hydrogen-bond donors (Lipinski definition) is 3. The summed E-state index contributed by atoms with van der Waals surface area (Å²) in [5, 5.41) is 19.8. The first kappa shape index (κ1) is 18.8. The van der Waals surface area contributed by atoms with Gasteiger partial charge in [-0.3, -0.25) is 19.4 Å². The molecule has 0 saturated carbocycles. The molecule has 3 N–H and O–H groups in total. The minimum atomic E-state index is -0.489. The van der Waals surface area contributed by atoms with E-state index in [1.807, 2.05) is 26.0 Å². The number of aliphatic hydroxyl groups excluding tert-OH is 1. The first-order chi connectivity index (χ1) is 13.9. The molecule has 29 heavy (non-hydrogen) atoms. The molecule has 1 aliphatic rings. The molecule has 1 aliphatic heterocycles. The lowest BCUT2D eigenvalue weighted by molar-refractivity contribution is -0.110. The van der Waals surface area contributed by atoms with Gasteiger partial charge in [0.2, 0.25) is 0 Å². The fraction of sp³-hybridized carbons (Fsp3) is 0.238. The standard InChI is InChI=1S/C21H22N6O2/c1-12-4-5-22-8-17(12)18-6-16-19(9-23-18)26-21(29)20(16)14(3)25-15-7-24-27(11-15)10-13(2)28/h4-9,11,13,25,28H,10H2,1-3H3,(H,26,29)/b20-14-. The third kappa shape index (κ3) is 3.74. The van der Waals surface area contributed by atoms with Crippen LogP contribution in [0.25, 0.3) is 16.8 Å². The second-order valence-electron chi connectivity index (χ2n) is 7.18. The summed E-state index contributed by atoms with van der Waals surface area (Å²) in [5.41, 5.74) is 6.25. The molecule has 0 fully saturated rings. The van der Waals surface area contributed by atoms with Crippen molar-refractivity contribution in [3.63, 3.8) is 0 Å². The van der Waals surface area contributed by atoms with Gasteiger partial charge in [0.05, 0.1) is 47.7 Å². The maximum absolute atomic E-state index is 12.6. The van der Waals surface area contributed by atoms with E-state index in [1.54, 1.807) is 42.6 Å². The highest BCUT2D eigenvalue weighted by molar-refractivity contribution is 6.32. The van der Waals surface area contributed by atoms with Crippen LogP contribution in [0.2, 0.25) is 0 Å². The molecule has 0 aromatic carbocycles. The molecule has 0 spiro atoms. The molecular weight excluding hydrogens is 368 g/mol. The first-order valence-electron chi connectivity index (χ1n) is 9.33. The summed E-state index contributed by atoms with van der Waals surface area (Å²) in [6.07, 6.45) is 8.17. The summed E-state index contributed by atoms with van der Waals surface area (Å²) in [6, 6.07) is 3.84. The molecule has 3 aromatic rings. The third-order valence-corrected chi connectivity index (χ3v) is 4.75. The predicted molar refractivity (Wildman–Crippen MR) is 111 cm³/mol. The molecule has 0 bridgehead atoms. The zero-order valence-corrected chi connectivity index (χ0v) is 16.5. The number of carbonyl (C=O) groups is 1. The van der Waals surface area contributed by atoms with E-state index >= 15 is 0 Å². The van der Waals surface area contributed by atoms with Crippen LogP contribution >= 0.6 is 0 Å². The van der Waals surface area contributed by atoms with Crippen LogP contribution in [0.3, 0.4) is 0 Å². The van der Waals surface area contributed by atoms with E-state index in [-0.39, 0.29) is 5.91 Å². The number of carbonyl (C=O) groups excluding carboxylic acids is 1. The number of aromatic nitrogens is 4. The number of rotatable bonds is 5. The fourth-order valence-corrected chi connectivity index (χ4v) is 3.40. The third-order valence-electron chi connectivity index (χ3n) is 4.75. The summed E-state index contributed by atoms with van der Waals surface area (Å²) in [4.78, 5) is 21.3. The Hall–Kier alpha value is -3.52. The zero-order valence-electron chi connectivity index (χ0n) is 16.5. The second kappa shape index (κ2) is 7.48. The van der Waals surface area contributed by atoms with Crippen molar-refractivity contribution in [3.05, 3.63) is 59.9 Å². The largest absolute Gasteiger partial charge is 0.391 e. The molecule has 148 valence electrons. The van der Waals surface area contributed by atoms with Crippen LogP contribution < -0.4 is 10.6 Å². The highest BCUT2D eigenvalue weighted by Crippen LogP contribution is 2.36. The lowest BCUT2D eigenvalue weighted by atomic mass is 10.0. The Bertz CT molecular complexity index is 1120. The van der Waals surface area contributed by atoms with Gasteiger partial charge in [-0.05, 0) is 38.5 Å². The number of anilines is 2. The Labute approximate surface area is 168 Å². The van der Waals surface area contributed by atoms with Crippen molar-refractivity contribution in [2.45, 2.75) is 33.4 Å². The topological polar surface area (TPSA) is 105 Å². The van der Waals surface area contributed by atoms with Crippen molar-refractivity contribution >= 4 is 22.9 Å². The maximum atomic E-state index is 12.6. The second-order valence-corrected chi connectivity index (χ2v) is 7.18. The van der Waals surface area contributed by atoms with E-state index in [0.29, 0.717) is 23.5 Å². The van der Waals surface area contributed by atoms with Crippen molar-refractivity contribution in [1.29, 1.82) is 0 Å². The summed E-state index contributed by atoms with van der Waals surface area (Å²) < 4.78 is 1.65. The van der Waals surface area contributed by atoms with E-state index < -0.39 is 6.10 Å². The Balaban J connectivity index is 1.68. The molecule has 4 rings (SSSR count). The van der Waals surface area contributed by atoms with Gasteiger partial charge in [0.25, 0.3) is 5.91 Å². The van der Waals surface area contributed by atoms with Crippen LogP contribution in [-0.2, 0) is 11.3 Å². The Morgan fingerprint density at radius 1 is 1.31 bits per heavy atom. The smallest absolute Gasteiger partial charge is 0.258 e. The van der Waals surface area contributed by atoms with Crippen LogP contribution in [0.1, 0.15) is 25.0 Å². The van der Waals surface area contributed by atoms with E-state index in [2.05, 4.69) is 25.7 Å². The van der Waals surface area contributed by atoms with Gasteiger partial charge in [0, 0.05) is 35.4 Å². The van der Waals surface area contributed by atoms with Crippen molar-refractivity contribution in [2.75, 3.05) is 10.6 Å². The average molecular weight is 390 g/mol. The summed E-state index contributed by atoms with van der Waals surface area (Å²) in [7, 11) is 0. The van der Waals surface area contributed by atoms with Crippen molar-refractivity contribution < 1.29 is 9.90 Å². The quantitative estimate of drug-likeness (QED) is 0.579. The Kier molecular flexibility index (Phi) is 4.85. The molecule has 3 aromatic heterocycles. The summed E-state index contributed by atoms with van der Waals surface area (Å²) in [5.74, 6) is -0.178. The minimum Gasteiger partial charge on any atom is -0.391 e. The molecule has 8 nitrogen and oxygen atoms in total. The van der Waals surface area contributed by atoms with Crippen LogP contribution in [-0.4, -0.2) is 36.9 Å². The molecule has 1 atom stereocenters. The summed E-state index contributed by atoms with van der Waals surface area (Å²) in [6.45, 7) is 5.97. The zero-order chi connectivity index (χ0) is 20.5. The number of pyridine rings is 2. The lowest BCUT2D eigenvalue weighted by Gasteiger charge is -2.09. The fourth-order valence-electron chi connectivity index (χ4n) is 3.40. The normalized spacial score (nSPS) is 15.7. The molecule has 0 aliphatic carbocycles. The van der Waals surface area contributed by atoms with Crippen molar-refractivity contribution in [3.8, 4) is 11.3 Å². The minimum absolute atomic E-state index is 0.178. The van der Waals surface area contributed by atoms with E-state index in [4.69, 9.17) is 0 Å². The van der Waals surface area contributed by atoms with Gasteiger partial charge in [0.1, 0.15) is 0 Å². The van der Waals surface area contributed by atoms with E-state index in [1.165, 1.54) is 0 Å². The lowest BCUT2D eigenvalue weighted by Crippen LogP contribution is -2.11. The van der Waals surface area contributed by atoms with Crippen molar-refractivity contribution in [2.24, 2.45) is 0 Å². The number of allylic oxidation sites excluding steroid dienone is 1. The van der Waals surface area contributed by atoms with Gasteiger partial charge in [-0.25, -0.2) is 0 Å². The van der Waals surface area contributed by atoms with Gasteiger partial charge >= 0.3 is 0 Å². The molecule has 0 radical (unpaired) electrons. The predicted octanol–water partition coefficient (Wildman–Crippen LogP) is 2.82. The molecule has 4 heterocycles. The molecule has 0 saturated heterocycles. The SMILES string of the molecule is C/C(Nc1cnn(CC(C)O)c1)=C1/C(=O)Nc2cnc(-c3cnccc3C)cc21. The Morgan fingerprint density at radius 3 is 2.90 bits per heavy atom.